The summed E-state index contributed by atoms with van der Waals surface area (Å²) in [5, 5.41) is 12.4. The smallest absolute Gasteiger partial charge is 0.221 e. The Morgan fingerprint density at radius 2 is 1.62 bits per heavy atom. The summed E-state index contributed by atoms with van der Waals surface area (Å²) in [4.78, 5) is 11.4. The molecule has 0 fully saturated rings. The van der Waals surface area contributed by atoms with Gasteiger partial charge in [0.15, 0.2) is 0 Å². The van der Waals surface area contributed by atoms with Crippen molar-refractivity contribution in [1.29, 1.82) is 0 Å². The summed E-state index contributed by atoms with van der Waals surface area (Å²) in [6.45, 7) is 13.4. The monoisotopic (exact) mass is 571 g/mol. The lowest BCUT2D eigenvalue weighted by atomic mass is 9.82. The third kappa shape index (κ3) is 10.3. The van der Waals surface area contributed by atoms with Gasteiger partial charge in [0.1, 0.15) is 5.75 Å². The Morgan fingerprint density at radius 1 is 0.929 bits per heavy atom. The van der Waals surface area contributed by atoms with E-state index in [1.54, 1.807) is 0 Å². The zero-order valence-electron chi connectivity index (χ0n) is 27.0. The first kappa shape index (κ1) is 33.3. The van der Waals surface area contributed by atoms with Gasteiger partial charge < -0.3 is 10.1 Å². The van der Waals surface area contributed by atoms with Gasteiger partial charge in [-0.25, -0.2) is 0 Å². The number of amides is 1. The highest BCUT2D eigenvalue weighted by Crippen LogP contribution is 2.39. The van der Waals surface area contributed by atoms with E-state index in [0.29, 0.717) is 11.8 Å². The molecule has 1 N–H and O–H groups in total. The van der Waals surface area contributed by atoms with E-state index in [-0.39, 0.29) is 5.91 Å². The fraction of sp³-hybridized carbons (Fsp3) is 0.541. The van der Waals surface area contributed by atoms with Crippen molar-refractivity contribution in [3.05, 3.63) is 70.9 Å². The van der Waals surface area contributed by atoms with Crippen molar-refractivity contribution in [3.63, 3.8) is 0 Å². The maximum absolute atomic E-state index is 11.4. The van der Waals surface area contributed by atoms with Gasteiger partial charge in [0.25, 0.3) is 0 Å². The molecule has 2 aromatic carbocycles. The zero-order chi connectivity index (χ0) is 30.3. The van der Waals surface area contributed by atoms with Crippen molar-refractivity contribution in [3.8, 4) is 5.75 Å². The van der Waals surface area contributed by atoms with E-state index in [2.05, 4.69) is 70.3 Å². The lowest BCUT2D eigenvalue weighted by molar-refractivity contribution is -0.114. The van der Waals surface area contributed by atoms with Crippen LogP contribution < -0.4 is 10.1 Å². The van der Waals surface area contributed by atoms with E-state index in [0.717, 1.165) is 55.1 Å². The number of allylic oxidation sites excluding steroid dienone is 4. The minimum absolute atomic E-state index is 0.0571. The highest BCUT2D eigenvalue weighted by Gasteiger charge is 2.23. The maximum Gasteiger partial charge on any atom is 0.221 e. The lowest BCUT2D eigenvalue weighted by Gasteiger charge is -2.25. The summed E-state index contributed by atoms with van der Waals surface area (Å²) in [6.07, 6.45) is 15.5. The second-order valence-corrected chi connectivity index (χ2v) is 11.9. The normalized spacial score (nSPS) is 15.4. The Hall–Kier alpha value is -3.21. The number of unbranched alkanes of at least 4 members (excludes halogenated alkanes) is 7. The molecular weight excluding hydrogens is 518 g/mol. The molecule has 0 spiro atoms. The fourth-order valence-electron chi connectivity index (χ4n) is 5.62. The molecule has 0 aliphatic heterocycles. The van der Waals surface area contributed by atoms with Crippen LogP contribution in [0.3, 0.4) is 0 Å². The highest BCUT2D eigenvalue weighted by atomic mass is 16.5. The van der Waals surface area contributed by atoms with Crippen LogP contribution in [-0.2, 0) is 4.79 Å². The molecule has 2 aromatic rings. The summed E-state index contributed by atoms with van der Waals surface area (Å²) in [6, 6.07) is 14.4. The van der Waals surface area contributed by atoms with Crippen molar-refractivity contribution in [2.75, 3.05) is 11.9 Å². The minimum atomic E-state index is -0.0571. The summed E-state index contributed by atoms with van der Waals surface area (Å²) in [5.74, 6) is 1.58. The number of benzene rings is 2. The second kappa shape index (κ2) is 17.7. The van der Waals surface area contributed by atoms with E-state index in [4.69, 9.17) is 15.0 Å². The largest absolute Gasteiger partial charge is 0.493 e. The summed E-state index contributed by atoms with van der Waals surface area (Å²) in [5.41, 5.74) is 7.73. The molecule has 1 atom stereocenters. The molecule has 0 heterocycles. The Balaban J connectivity index is 1.69. The van der Waals surface area contributed by atoms with Crippen LogP contribution >= 0.6 is 0 Å². The SMILES string of the molecule is CCCCCCCCCCOc1ccc(/N=N/C2=C(CC)C=C(c3ccc(NC(C)=O)cc3)CC2CC)cc1C(C)C. The quantitative estimate of drug-likeness (QED) is 0.152. The van der Waals surface area contributed by atoms with Gasteiger partial charge in [0.05, 0.1) is 18.0 Å². The number of hydrogen-bond acceptors (Lipinski definition) is 4. The summed E-state index contributed by atoms with van der Waals surface area (Å²) >= 11 is 0. The fourth-order valence-corrected chi connectivity index (χ4v) is 5.62. The Labute approximate surface area is 254 Å². The van der Waals surface area contributed by atoms with Crippen molar-refractivity contribution in [2.45, 2.75) is 118 Å². The summed E-state index contributed by atoms with van der Waals surface area (Å²) < 4.78 is 6.23. The first-order valence-corrected chi connectivity index (χ1v) is 16.4. The molecular formula is C37H53N3O2. The predicted molar refractivity (Wildman–Crippen MR) is 178 cm³/mol. The first-order chi connectivity index (χ1) is 20.4. The molecule has 228 valence electrons. The zero-order valence-corrected chi connectivity index (χ0v) is 27.0. The molecule has 0 aromatic heterocycles. The van der Waals surface area contributed by atoms with E-state index in [1.165, 1.54) is 74.1 Å². The Kier molecular flexibility index (Phi) is 14.0. The van der Waals surface area contributed by atoms with E-state index in [9.17, 15) is 4.79 Å². The molecule has 3 rings (SSSR count). The molecule has 5 heteroatoms. The molecule has 1 amide bonds. The topological polar surface area (TPSA) is 63.1 Å². The number of nitrogens with zero attached hydrogens (tertiary/aromatic N) is 2. The van der Waals surface area contributed by atoms with Crippen LogP contribution in [0, 0.1) is 5.92 Å². The van der Waals surface area contributed by atoms with Gasteiger partial charge in [0, 0.05) is 18.5 Å². The van der Waals surface area contributed by atoms with Gasteiger partial charge in [0.2, 0.25) is 5.91 Å². The number of azo groups is 1. The number of carbonyl (C=O) groups is 1. The van der Waals surface area contributed by atoms with Crippen molar-refractivity contribution in [1.82, 2.24) is 0 Å². The van der Waals surface area contributed by atoms with Gasteiger partial charge in [-0.05, 0) is 84.2 Å². The number of carbonyl (C=O) groups excluding carboxylic acids is 1. The molecule has 1 aliphatic rings. The maximum atomic E-state index is 11.4. The molecule has 1 aliphatic carbocycles. The number of hydrogen-bond donors (Lipinski definition) is 1. The highest BCUT2D eigenvalue weighted by molar-refractivity contribution is 5.89. The number of anilines is 1. The molecule has 0 saturated heterocycles. The Morgan fingerprint density at radius 3 is 2.24 bits per heavy atom. The van der Waals surface area contributed by atoms with Gasteiger partial charge in [-0.2, -0.15) is 10.2 Å². The lowest BCUT2D eigenvalue weighted by Crippen LogP contribution is -2.10. The predicted octanol–water partition coefficient (Wildman–Crippen LogP) is 11.5. The van der Waals surface area contributed by atoms with Crippen LogP contribution in [0.1, 0.15) is 129 Å². The van der Waals surface area contributed by atoms with Crippen LogP contribution in [0.4, 0.5) is 11.4 Å². The van der Waals surface area contributed by atoms with Crippen molar-refractivity contribution < 1.29 is 9.53 Å². The van der Waals surface area contributed by atoms with Gasteiger partial charge >= 0.3 is 0 Å². The van der Waals surface area contributed by atoms with Gasteiger partial charge in [-0.15, -0.1) is 0 Å². The minimum Gasteiger partial charge on any atom is -0.493 e. The number of nitrogens with one attached hydrogen (secondary N) is 1. The molecule has 0 saturated carbocycles. The van der Waals surface area contributed by atoms with Crippen LogP contribution in [0.25, 0.3) is 5.57 Å². The Bertz CT molecular complexity index is 1220. The van der Waals surface area contributed by atoms with E-state index < -0.39 is 0 Å². The summed E-state index contributed by atoms with van der Waals surface area (Å²) in [7, 11) is 0. The first-order valence-electron chi connectivity index (χ1n) is 16.4. The third-order valence-electron chi connectivity index (χ3n) is 8.12. The van der Waals surface area contributed by atoms with Crippen molar-refractivity contribution >= 4 is 22.9 Å². The van der Waals surface area contributed by atoms with Crippen LogP contribution in [0.2, 0.25) is 0 Å². The molecule has 0 radical (unpaired) electrons. The van der Waals surface area contributed by atoms with Crippen LogP contribution in [0.15, 0.2) is 70.0 Å². The van der Waals surface area contributed by atoms with Crippen LogP contribution in [-0.4, -0.2) is 12.5 Å². The van der Waals surface area contributed by atoms with E-state index >= 15 is 0 Å². The van der Waals surface area contributed by atoms with Gasteiger partial charge in [-0.3, -0.25) is 4.79 Å². The second-order valence-electron chi connectivity index (χ2n) is 11.9. The molecule has 0 bridgehead atoms. The third-order valence-corrected chi connectivity index (χ3v) is 8.12. The van der Waals surface area contributed by atoms with E-state index in [1.807, 2.05) is 18.2 Å². The van der Waals surface area contributed by atoms with Gasteiger partial charge in [-0.1, -0.05) is 97.8 Å². The number of rotatable bonds is 17. The number of ether oxygens (including phenoxy) is 1. The molecule has 42 heavy (non-hydrogen) atoms. The molecule has 5 nitrogen and oxygen atoms in total. The molecule has 1 unspecified atom stereocenters. The van der Waals surface area contributed by atoms with Crippen molar-refractivity contribution in [2.24, 2.45) is 16.1 Å². The average molecular weight is 572 g/mol. The van der Waals surface area contributed by atoms with Crippen LogP contribution in [0.5, 0.6) is 5.75 Å². The standard InChI is InChI=1S/C37H53N3O2/c1-7-10-11-12-13-14-15-16-23-42-36-22-21-34(26-35(36)27(4)5)39-40-37-29(8-2)24-32(25-30(37)9-3)31-17-19-33(20-18-31)38-28(6)41/h17-22,24,26-27,30H,7-16,23,25H2,1-6H3,(H,38,41)/b40-39+. The average Bonchev–Trinajstić information content (AvgIpc) is 2.99.